The molecule has 0 radical (unpaired) electrons. The molecule has 0 fully saturated rings. The molecule has 2 nitrogen and oxygen atoms in total. The van der Waals surface area contributed by atoms with Crippen molar-refractivity contribution in [1.29, 1.82) is 0 Å². The van der Waals surface area contributed by atoms with Gasteiger partial charge < -0.3 is 9.32 Å². The lowest BCUT2D eigenvalue weighted by atomic mass is 9.70. The number of benzene rings is 11. The third-order valence-corrected chi connectivity index (χ3v) is 15.6. The van der Waals surface area contributed by atoms with E-state index in [-0.39, 0.29) is 5.41 Å². The van der Waals surface area contributed by atoms with E-state index in [9.17, 15) is 0 Å². The Hall–Kier alpha value is -8.20. The van der Waals surface area contributed by atoms with Gasteiger partial charge in [0.15, 0.2) is 0 Å². The van der Waals surface area contributed by atoms with Gasteiger partial charge in [-0.1, -0.05) is 166 Å². The van der Waals surface area contributed by atoms with Gasteiger partial charge in [0.1, 0.15) is 11.2 Å². The van der Waals surface area contributed by atoms with E-state index in [0.717, 1.165) is 39.0 Å². The number of fused-ring (bicyclic) bond motifs is 22. The maximum Gasteiger partial charge on any atom is 0.135 e. The molecule has 0 saturated heterocycles. The number of rotatable bonds is 3. The number of para-hydroxylation sites is 1. The van der Waals surface area contributed by atoms with Gasteiger partial charge in [0.05, 0.1) is 5.41 Å². The summed E-state index contributed by atoms with van der Waals surface area (Å²) in [4.78, 5) is 2.49. The summed E-state index contributed by atoms with van der Waals surface area (Å²) in [5.74, 6) is 0. The van der Waals surface area contributed by atoms with Gasteiger partial charge in [-0.25, -0.2) is 0 Å². The van der Waals surface area contributed by atoms with E-state index in [0.29, 0.717) is 0 Å². The molecule has 3 aliphatic rings. The lowest BCUT2D eigenvalue weighted by Crippen LogP contribution is -2.26. The Morgan fingerprint density at radius 1 is 0.288 bits per heavy atom. The van der Waals surface area contributed by atoms with Crippen LogP contribution in [-0.2, 0) is 10.8 Å². The number of hydrogen-bond donors (Lipinski definition) is 0. The molecule has 1 aromatic heterocycles. The summed E-state index contributed by atoms with van der Waals surface area (Å²) in [6, 6.07) is 79.8. The van der Waals surface area contributed by atoms with Crippen LogP contribution in [-0.4, -0.2) is 0 Å². The zero-order valence-electron chi connectivity index (χ0n) is 36.6. The Bertz CT molecular complexity index is 4110. The molecule has 0 aliphatic heterocycles. The third-order valence-electron chi connectivity index (χ3n) is 15.6. The van der Waals surface area contributed by atoms with Crippen molar-refractivity contribution in [2.24, 2.45) is 0 Å². The first-order chi connectivity index (χ1) is 32.5. The molecule has 0 N–H and O–H groups in total. The van der Waals surface area contributed by atoms with Crippen molar-refractivity contribution in [1.82, 2.24) is 0 Å². The molecule has 1 unspecified atom stereocenters. The number of anilines is 3. The summed E-state index contributed by atoms with van der Waals surface area (Å²) in [6.45, 7) is 4.74. The second-order valence-electron chi connectivity index (χ2n) is 19.1. The highest BCUT2D eigenvalue weighted by Crippen LogP contribution is 2.64. The summed E-state index contributed by atoms with van der Waals surface area (Å²) < 4.78 is 6.41. The van der Waals surface area contributed by atoms with Crippen LogP contribution in [0, 0.1) is 0 Å². The second-order valence-corrected chi connectivity index (χ2v) is 19.1. The summed E-state index contributed by atoms with van der Waals surface area (Å²) in [6.07, 6.45) is 0. The fraction of sp³-hybridized carbons (Fsp3) is 0.0625. The second kappa shape index (κ2) is 12.7. The van der Waals surface area contributed by atoms with Crippen LogP contribution in [0.3, 0.4) is 0 Å². The number of hydrogen-bond acceptors (Lipinski definition) is 2. The summed E-state index contributed by atoms with van der Waals surface area (Å²) in [7, 11) is 0. The Balaban J connectivity index is 1.02. The highest BCUT2D eigenvalue weighted by Gasteiger charge is 2.52. The Kier molecular flexibility index (Phi) is 6.98. The monoisotopic (exact) mass is 839 g/mol. The quantitative estimate of drug-likeness (QED) is 0.165. The highest BCUT2D eigenvalue weighted by molar-refractivity contribution is 6.26. The first-order valence-electron chi connectivity index (χ1n) is 23.2. The number of furan rings is 1. The molecule has 2 heteroatoms. The topological polar surface area (TPSA) is 16.4 Å². The normalized spacial score (nSPS) is 15.9. The van der Waals surface area contributed by atoms with Gasteiger partial charge in [0, 0.05) is 33.2 Å². The van der Waals surface area contributed by atoms with Gasteiger partial charge in [0.25, 0.3) is 0 Å². The maximum absolute atomic E-state index is 6.41. The van der Waals surface area contributed by atoms with Crippen molar-refractivity contribution in [3.63, 3.8) is 0 Å². The fourth-order valence-corrected chi connectivity index (χ4v) is 12.8. The van der Waals surface area contributed by atoms with E-state index in [4.69, 9.17) is 4.42 Å². The molecule has 308 valence electrons. The van der Waals surface area contributed by atoms with Crippen LogP contribution in [0.25, 0.3) is 87.6 Å². The average Bonchev–Trinajstić information content (AvgIpc) is 4.05. The summed E-state index contributed by atoms with van der Waals surface area (Å²) in [5, 5.41) is 9.98. The van der Waals surface area contributed by atoms with Gasteiger partial charge in [-0.3, -0.25) is 0 Å². The fourth-order valence-electron chi connectivity index (χ4n) is 12.8. The zero-order valence-corrected chi connectivity index (χ0v) is 36.6. The van der Waals surface area contributed by atoms with Crippen LogP contribution < -0.4 is 4.90 Å². The van der Waals surface area contributed by atoms with Crippen LogP contribution >= 0.6 is 0 Å². The van der Waals surface area contributed by atoms with Crippen molar-refractivity contribution in [3.8, 4) is 33.4 Å². The van der Waals surface area contributed by atoms with Crippen LogP contribution in [0.4, 0.5) is 17.1 Å². The van der Waals surface area contributed by atoms with Crippen molar-refractivity contribution in [2.75, 3.05) is 4.90 Å². The molecule has 0 bridgehead atoms. The molecule has 3 aliphatic carbocycles. The SMILES string of the molecule is CC1(C)c2ccccc2-c2ccc(N(c3ccc4c(c3)C3(c5ccccc5-4)c4ccccc4-c4cc5c6ccccc6c6ccccc6c5cc43)c3ccc4oc5ccccc5c4c3)cc21. The summed E-state index contributed by atoms with van der Waals surface area (Å²) >= 11 is 0. The molecule has 0 saturated carbocycles. The smallest absolute Gasteiger partial charge is 0.135 e. The third kappa shape index (κ3) is 4.51. The zero-order chi connectivity index (χ0) is 43.5. The Morgan fingerprint density at radius 2 is 0.712 bits per heavy atom. The maximum atomic E-state index is 6.41. The van der Waals surface area contributed by atoms with Crippen molar-refractivity contribution >= 4 is 71.3 Å². The Labute approximate surface area is 382 Å². The van der Waals surface area contributed by atoms with Gasteiger partial charge in [-0.15, -0.1) is 0 Å². The molecule has 1 heterocycles. The van der Waals surface area contributed by atoms with E-state index in [2.05, 4.69) is 225 Å². The van der Waals surface area contributed by atoms with Gasteiger partial charge in [-0.05, 0) is 160 Å². The standard InChI is InChI=1S/C64H41NO/c1-63(2)55-23-11-7-19-45(55)48-30-27-39(34-58(48)63)65(38-29-32-62-54(33-38)50-22-10-14-26-61(50)66-62)40-28-31-49-46-20-8-12-24-56(46)64(59(49)35-40)57-25-13-9-21-47(57)53-36-51-43-17-5-3-15-41(43)42-16-4-6-18-44(42)52(51)37-60(53)64/h3-37H,1-2H3. The van der Waals surface area contributed by atoms with Crippen LogP contribution in [0.5, 0.6) is 0 Å². The molecule has 1 atom stereocenters. The average molecular weight is 840 g/mol. The first-order valence-corrected chi connectivity index (χ1v) is 23.2. The van der Waals surface area contributed by atoms with Gasteiger partial charge >= 0.3 is 0 Å². The van der Waals surface area contributed by atoms with E-state index >= 15 is 0 Å². The minimum atomic E-state index is -0.549. The van der Waals surface area contributed by atoms with Gasteiger partial charge in [-0.2, -0.15) is 0 Å². The van der Waals surface area contributed by atoms with E-state index in [1.807, 2.05) is 6.07 Å². The van der Waals surface area contributed by atoms with Crippen LogP contribution in [0.15, 0.2) is 217 Å². The lowest BCUT2D eigenvalue weighted by molar-refractivity contribution is 0.660. The van der Waals surface area contributed by atoms with Crippen molar-refractivity contribution in [2.45, 2.75) is 24.7 Å². The van der Waals surface area contributed by atoms with Crippen molar-refractivity contribution < 1.29 is 4.42 Å². The van der Waals surface area contributed by atoms with E-state index in [1.54, 1.807) is 0 Å². The highest BCUT2D eigenvalue weighted by atomic mass is 16.3. The molecule has 1 spiro atoms. The minimum Gasteiger partial charge on any atom is -0.456 e. The Morgan fingerprint density at radius 3 is 1.38 bits per heavy atom. The molecule has 12 aromatic rings. The lowest BCUT2D eigenvalue weighted by Gasteiger charge is -2.33. The minimum absolute atomic E-state index is 0.155. The van der Waals surface area contributed by atoms with Crippen molar-refractivity contribution in [3.05, 3.63) is 246 Å². The largest absolute Gasteiger partial charge is 0.456 e. The molecule has 0 amide bonds. The molecule has 15 rings (SSSR count). The molecule has 66 heavy (non-hydrogen) atoms. The summed E-state index contributed by atoms with van der Waals surface area (Å²) in [5.41, 5.74) is 20.3. The first kappa shape index (κ1) is 36.2. The van der Waals surface area contributed by atoms with E-state index < -0.39 is 5.41 Å². The molecule has 11 aromatic carbocycles. The van der Waals surface area contributed by atoms with Crippen LogP contribution in [0.1, 0.15) is 47.2 Å². The molecular weight excluding hydrogens is 799 g/mol. The van der Waals surface area contributed by atoms with Crippen LogP contribution in [0.2, 0.25) is 0 Å². The van der Waals surface area contributed by atoms with Gasteiger partial charge in [0.2, 0.25) is 0 Å². The molecular formula is C64H41NO. The number of nitrogens with zero attached hydrogens (tertiary/aromatic N) is 1. The van der Waals surface area contributed by atoms with E-state index in [1.165, 1.54) is 99.1 Å². The predicted octanol–water partition coefficient (Wildman–Crippen LogP) is 17.2. The predicted molar refractivity (Wildman–Crippen MR) is 275 cm³/mol.